The predicted octanol–water partition coefficient (Wildman–Crippen LogP) is 4.55. The van der Waals surface area contributed by atoms with Gasteiger partial charge in [-0.2, -0.15) is 0 Å². The lowest BCUT2D eigenvalue weighted by Crippen LogP contribution is -2.12. The number of nitrogens with one attached hydrogen (secondary N) is 1. The summed E-state index contributed by atoms with van der Waals surface area (Å²) in [6.45, 7) is 2.53. The standard InChI is InChI=1S/C18H20FNO2S/c1-2-22-18(21)16-13-8-4-6-10-15(13)23-17(16)20-11-12-7-3-5-9-14(12)19/h3,5,7,9,20H,2,4,6,8,10-11H2,1H3. The van der Waals surface area contributed by atoms with E-state index in [-0.39, 0.29) is 11.8 Å². The first-order chi connectivity index (χ1) is 11.2. The van der Waals surface area contributed by atoms with Crippen LogP contribution in [0.15, 0.2) is 24.3 Å². The van der Waals surface area contributed by atoms with Crippen molar-refractivity contribution in [1.29, 1.82) is 0 Å². The maximum Gasteiger partial charge on any atom is 0.341 e. The molecule has 0 fully saturated rings. The molecule has 5 heteroatoms. The number of benzene rings is 1. The van der Waals surface area contributed by atoms with Gasteiger partial charge in [-0.05, 0) is 44.2 Å². The summed E-state index contributed by atoms with van der Waals surface area (Å²) in [7, 11) is 0. The summed E-state index contributed by atoms with van der Waals surface area (Å²) in [6.07, 6.45) is 4.18. The molecule has 122 valence electrons. The van der Waals surface area contributed by atoms with Gasteiger partial charge in [-0.3, -0.25) is 0 Å². The van der Waals surface area contributed by atoms with Gasteiger partial charge in [-0.1, -0.05) is 18.2 Å². The van der Waals surface area contributed by atoms with Crippen molar-refractivity contribution >= 4 is 22.3 Å². The smallest absolute Gasteiger partial charge is 0.341 e. The number of ether oxygens (including phenoxy) is 1. The van der Waals surface area contributed by atoms with Crippen molar-refractivity contribution in [2.45, 2.75) is 39.2 Å². The minimum Gasteiger partial charge on any atom is -0.462 e. The van der Waals surface area contributed by atoms with Gasteiger partial charge in [-0.25, -0.2) is 9.18 Å². The van der Waals surface area contributed by atoms with E-state index in [2.05, 4.69) is 5.32 Å². The highest BCUT2D eigenvalue weighted by Gasteiger charge is 2.26. The molecule has 1 aliphatic rings. The van der Waals surface area contributed by atoms with Crippen molar-refractivity contribution in [3.05, 3.63) is 51.7 Å². The molecule has 0 unspecified atom stereocenters. The molecular weight excluding hydrogens is 313 g/mol. The summed E-state index contributed by atoms with van der Waals surface area (Å²) in [5.41, 5.74) is 2.37. The number of anilines is 1. The summed E-state index contributed by atoms with van der Waals surface area (Å²) < 4.78 is 19.0. The van der Waals surface area contributed by atoms with Crippen LogP contribution in [0.25, 0.3) is 0 Å². The first kappa shape index (κ1) is 16.0. The van der Waals surface area contributed by atoms with Crippen LogP contribution in [-0.2, 0) is 24.1 Å². The second-order valence-corrected chi connectivity index (χ2v) is 6.69. The summed E-state index contributed by atoms with van der Waals surface area (Å²) in [4.78, 5) is 13.6. The summed E-state index contributed by atoms with van der Waals surface area (Å²) in [6, 6.07) is 6.68. The molecule has 0 bridgehead atoms. The molecule has 1 aromatic heterocycles. The van der Waals surface area contributed by atoms with Crippen molar-refractivity contribution < 1.29 is 13.9 Å². The first-order valence-corrected chi connectivity index (χ1v) is 8.81. The van der Waals surface area contributed by atoms with E-state index in [9.17, 15) is 9.18 Å². The minimum absolute atomic E-state index is 0.237. The molecule has 1 aliphatic carbocycles. The third-order valence-corrected chi connectivity index (χ3v) is 5.30. The lowest BCUT2D eigenvalue weighted by Gasteiger charge is -2.12. The zero-order chi connectivity index (χ0) is 16.2. The fourth-order valence-electron chi connectivity index (χ4n) is 2.93. The molecule has 0 spiro atoms. The second-order valence-electron chi connectivity index (χ2n) is 5.58. The van der Waals surface area contributed by atoms with E-state index in [1.54, 1.807) is 23.5 Å². The van der Waals surface area contributed by atoms with Crippen LogP contribution in [0.3, 0.4) is 0 Å². The van der Waals surface area contributed by atoms with Gasteiger partial charge in [0.25, 0.3) is 0 Å². The lowest BCUT2D eigenvalue weighted by atomic mass is 9.95. The number of fused-ring (bicyclic) bond motifs is 1. The average Bonchev–Trinajstić information content (AvgIpc) is 2.92. The van der Waals surface area contributed by atoms with Gasteiger partial charge in [0.15, 0.2) is 0 Å². The van der Waals surface area contributed by atoms with Crippen LogP contribution >= 0.6 is 11.3 Å². The first-order valence-electron chi connectivity index (χ1n) is 7.99. The fraction of sp³-hybridized carbons (Fsp3) is 0.389. The Morgan fingerprint density at radius 1 is 1.30 bits per heavy atom. The van der Waals surface area contributed by atoms with Gasteiger partial charge in [-0.15, -0.1) is 11.3 Å². The molecule has 1 heterocycles. The van der Waals surface area contributed by atoms with E-state index in [1.165, 1.54) is 10.9 Å². The molecule has 2 aromatic rings. The number of halogens is 1. The van der Waals surface area contributed by atoms with Crippen molar-refractivity contribution in [3.63, 3.8) is 0 Å². The van der Waals surface area contributed by atoms with E-state index < -0.39 is 0 Å². The summed E-state index contributed by atoms with van der Waals surface area (Å²) >= 11 is 1.61. The molecule has 0 saturated carbocycles. The monoisotopic (exact) mass is 333 g/mol. The van der Waals surface area contributed by atoms with Crippen molar-refractivity contribution in [1.82, 2.24) is 0 Å². The molecular formula is C18H20FNO2S. The maximum absolute atomic E-state index is 13.8. The number of hydrogen-bond acceptors (Lipinski definition) is 4. The number of carbonyl (C=O) groups excluding carboxylic acids is 1. The Balaban J connectivity index is 1.87. The molecule has 0 radical (unpaired) electrons. The highest BCUT2D eigenvalue weighted by atomic mass is 32.1. The van der Waals surface area contributed by atoms with Crippen LogP contribution in [0, 0.1) is 5.82 Å². The molecule has 0 aliphatic heterocycles. The van der Waals surface area contributed by atoms with Crippen molar-refractivity contribution in [2.75, 3.05) is 11.9 Å². The fourth-order valence-corrected chi connectivity index (χ4v) is 4.20. The second kappa shape index (κ2) is 7.13. The highest BCUT2D eigenvalue weighted by molar-refractivity contribution is 7.16. The molecule has 1 aromatic carbocycles. The van der Waals surface area contributed by atoms with Gasteiger partial charge in [0.1, 0.15) is 10.8 Å². The van der Waals surface area contributed by atoms with Crippen molar-refractivity contribution in [3.8, 4) is 0 Å². The SMILES string of the molecule is CCOC(=O)c1c(NCc2ccccc2F)sc2c1CCCC2. The van der Waals surface area contributed by atoms with Gasteiger partial charge in [0, 0.05) is 17.0 Å². The third kappa shape index (κ3) is 3.39. The topological polar surface area (TPSA) is 38.3 Å². The van der Waals surface area contributed by atoms with Crippen LogP contribution in [0.1, 0.15) is 46.1 Å². The Labute approximate surface area is 139 Å². The Morgan fingerprint density at radius 3 is 2.87 bits per heavy atom. The van der Waals surface area contributed by atoms with E-state index in [4.69, 9.17) is 4.74 Å². The van der Waals surface area contributed by atoms with E-state index in [1.807, 2.05) is 13.0 Å². The van der Waals surface area contributed by atoms with Crippen LogP contribution in [0.2, 0.25) is 0 Å². The van der Waals surface area contributed by atoms with Crippen LogP contribution in [0.4, 0.5) is 9.39 Å². The minimum atomic E-state index is -0.275. The Bertz CT molecular complexity index is 711. The molecule has 23 heavy (non-hydrogen) atoms. The van der Waals surface area contributed by atoms with E-state index in [0.717, 1.165) is 36.2 Å². The zero-order valence-electron chi connectivity index (χ0n) is 13.2. The molecule has 3 rings (SSSR count). The number of aryl methyl sites for hydroxylation is 1. The third-order valence-electron chi connectivity index (χ3n) is 4.05. The molecule has 0 saturated heterocycles. The summed E-state index contributed by atoms with van der Waals surface area (Å²) in [5.74, 6) is -0.512. The van der Waals surface area contributed by atoms with Gasteiger partial charge in [0.2, 0.25) is 0 Å². The Hall–Kier alpha value is -1.88. The van der Waals surface area contributed by atoms with Gasteiger partial charge < -0.3 is 10.1 Å². The highest BCUT2D eigenvalue weighted by Crippen LogP contribution is 2.38. The van der Waals surface area contributed by atoms with Crippen LogP contribution in [-0.4, -0.2) is 12.6 Å². The number of thiophene rings is 1. The van der Waals surface area contributed by atoms with E-state index >= 15 is 0 Å². The Kier molecular flexibility index (Phi) is 4.96. The number of hydrogen-bond donors (Lipinski definition) is 1. The van der Waals surface area contributed by atoms with Crippen LogP contribution in [0.5, 0.6) is 0 Å². The Morgan fingerprint density at radius 2 is 2.09 bits per heavy atom. The average molecular weight is 333 g/mol. The number of carbonyl (C=O) groups is 1. The number of rotatable bonds is 5. The van der Waals surface area contributed by atoms with E-state index in [0.29, 0.717) is 24.3 Å². The molecule has 0 atom stereocenters. The van der Waals surface area contributed by atoms with Gasteiger partial charge >= 0.3 is 5.97 Å². The summed E-state index contributed by atoms with van der Waals surface area (Å²) in [5, 5.41) is 4.05. The quantitative estimate of drug-likeness (QED) is 0.816. The molecule has 1 N–H and O–H groups in total. The van der Waals surface area contributed by atoms with Crippen molar-refractivity contribution in [2.24, 2.45) is 0 Å². The molecule has 3 nitrogen and oxygen atoms in total. The predicted molar refractivity (Wildman–Crippen MR) is 90.6 cm³/mol. The largest absolute Gasteiger partial charge is 0.462 e. The zero-order valence-corrected chi connectivity index (χ0v) is 14.0. The van der Waals surface area contributed by atoms with Gasteiger partial charge in [0.05, 0.1) is 12.2 Å². The van der Waals surface area contributed by atoms with Crippen LogP contribution < -0.4 is 5.32 Å². The number of esters is 1. The maximum atomic E-state index is 13.8. The molecule has 0 amide bonds. The lowest BCUT2D eigenvalue weighted by molar-refractivity contribution is 0.0526. The normalized spacial score (nSPS) is 13.5.